The van der Waals surface area contributed by atoms with E-state index in [2.05, 4.69) is 9.72 Å². The first-order valence-corrected chi connectivity index (χ1v) is 4.84. The molecule has 82 valence electrons. The third kappa shape index (κ3) is 1.58. The number of hydrogen-bond donors (Lipinski definition) is 1. The molecule has 0 aliphatic carbocycles. The van der Waals surface area contributed by atoms with Gasteiger partial charge in [0.2, 0.25) is 0 Å². The van der Waals surface area contributed by atoms with Crippen LogP contribution in [-0.4, -0.2) is 23.8 Å². The molecule has 2 aromatic rings. The number of ether oxygens (including phenoxy) is 1. The standard InChI is InChI=1S/C12H11NO3/c1-7(14)9-5-3-4-8-6-10(12(15)16-2)13-11(8)9/h3-6,13H,1-2H3. The van der Waals surface area contributed by atoms with Crippen molar-refractivity contribution < 1.29 is 14.3 Å². The molecule has 0 amide bonds. The van der Waals surface area contributed by atoms with Gasteiger partial charge in [-0.15, -0.1) is 0 Å². The van der Waals surface area contributed by atoms with Gasteiger partial charge in [-0.2, -0.15) is 0 Å². The SMILES string of the molecule is COC(=O)c1cc2cccc(C(C)=O)c2[nH]1. The first kappa shape index (κ1) is 10.4. The Morgan fingerprint density at radius 1 is 1.31 bits per heavy atom. The minimum absolute atomic E-state index is 0.0381. The van der Waals surface area contributed by atoms with Crippen LogP contribution in [-0.2, 0) is 4.74 Å². The molecule has 0 fully saturated rings. The van der Waals surface area contributed by atoms with Crippen molar-refractivity contribution in [2.75, 3.05) is 7.11 Å². The average molecular weight is 217 g/mol. The maximum atomic E-state index is 11.4. The summed E-state index contributed by atoms with van der Waals surface area (Å²) < 4.78 is 4.61. The van der Waals surface area contributed by atoms with Crippen molar-refractivity contribution in [2.24, 2.45) is 0 Å². The van der Waals surface area contributed by atoms with Crippen molar-refractivity contribution in [3.05, 3.63) is 35.5 Å². The van der Waals surface area contributed by atoms with E-state index in [9.17, 15) is 9.59 Å². The lowest BCUT2D eigenvalue weighted by molar-refractivity contribution is 0.0595. The van der Waals surface area contributed by atoms with Gasteiger partial charge in [0.25, 0.3) is 0 Å². The molecule has 0 saturated heterocycles. The monoisotopic (exact) mass is 217 g/mol. The second kappa shape index (κ2) is 3.81. The van der Waals surface area contributed by atoms with Crippen LogP contribution in [0.2, 0.25) is 0 Å². The van der Waals surface area contributed by atoms with Gasteiger partial charge in [-0.3, -0.25) is 4.79 Å². The van der Waals surface area contributed by atoms with E-state index < -0.39 is 5.97 Å². The summed E-state index contributed by atoms with van der Waals surface area (Å²) in [6.07, 6.45) is 0. The molecule has 0 unspecified atom stereocenters. The number of methoxy groups -OCH3 is 1. The number of H-pyrrole nitrogens is 1. The van der Waals surface area contributed by atoms with Crippen molar-refractivity contribution in [3.8, 4) is 0 Å². The highest BCUT2D eigenvalue weighted by atomic mass is 16.5. The van der Waals surface area contributed by atoms with Crippen LogP contribution in [0.3, 0.4) is 0 Å². The van der Waals surface area contributed by atoms with E-state index in [0.29, 0.717) is 16.8 Å². The number of aromatic amines is 1. The van der Waals surface area contributed by atoms with Crippen molar-refractivity contribution in [1.82, 2.24) is 4.98 Å². The number of ketones is 1. The molecule has 1 aromatic carbocycles. The Morgan fingerprint density at radius 2 is 2.06 bits per heavy atom. The average Bonchev–Trinajstić information content (AvgIpc) is 2.70. The Hall–Kier alpha value is -2.10. The van der Waals surface area contributed by atoms with Gasteiger partial charge in [0.1, 0.15) is 5.69 Å². The molecular formula is C12H11NO3. The summed E-state index contributed by atoms with van der Waals surface area (Å²) in [6.45, 7) is 1.49. The van der Waals surface area contributed by atoms with Gasteiger partial charge in [-0.05, 0) is 19.1 Å². The van der Waals surface area contributed by atoms with Crippen molar-refractivity contribution >= 4 is 22.7 Å². The van der Waals surface area contributed by atoms with Gasteiger partial charge in [0.05, 0.1) is 12.6 Å². The maximum absolute atomic E-state index is 11.4. The first-order chi connectivity index (χ1) is 7.63. The summed E-state index contributed by atoms with van der Waals surface area (Å²) in [5, 5.41) is 0.827. The lowest BCUT2D eigenvalue weighted by Crippen LogP contribution is -2.01. The van der Waals surface area contributed by atoms with Gasteiger partial charge >= 0.3 is 5.97 Å². The second-order valence-electron chi connectivity index (χ2n) is 3.50. The molecule has 2 rings (SSSR count). The van der Waals surface area contributed by atoms with E-state index in [1.54, 1.807) is 18.2 Å². The highest BCUT2D eigenvalue weighted by Gasteiger charge is 2.12. The van der Waals surface area contributed by atoms with Gasteiger partial charge in [0.15, 0.2) is 5.78 Å². The van der Waals surface area contributed by atoms with Crippen molar-refractivity contribution in [1.29, 1.82) is 0 Å². The van der Waals surface area contributed by atoms with Crippen molar-refractivity contribution in [3.63, 3.8) is 0 Å². The Labute approximate surface area is 92.2 Å². The predicted molar refractivity (Wildman–Crippen MR) is 59.6 cm³/mol. The maximum Gasteiger partial charge on any atom is 0.354 e. The summed E-state index contributed by atoms with van der Waals surface area (Å²) in [4.78, 5) is 25.6. The van der Waals surface area contributed by atoms with Gasteiger partial charge in [0, 0.05) is 10.9 Å². The van der Waals surface area contributed by atoms with E-state index in [1.807, 2.05) is 6.07 Å². The lowest BCUT2D eigenvalue weighted by Gasteiger charge is -1.97. The molecule has 16 heavy (non-hydrogen) atoms. The number of rotatable bonds is 2. The number of hydrogen-bond acceptors (Lipinski definition) is 3. The highest BCUT2D eigenvalue weighted by Crippen LogP contribution is 2.20. The number of Topliss-reactive ketones (excluding diaryl/α,β-unsaturated/α-hetero) is 1. The molecule has 1 aromatic heterocycles. The fourth-order valence-electron chi connectivity index (χ4n) is 1.67. The Morgan fingerprint density at radius 3 is 2.69 bits per heavy atom. The number of benzene rings is 1. The summed E-state index contributed by atoms with van der Waals surface area (Å²) >= 11 is 0. The Bertz CT molecular complexity index is 569. The minimum Gasteiger partial charge on any atom is -0.464 e. The molecule has 0 spiro atoms. The quantitative estimate of drug-likeness (QED) is 0.619. The van der Waals surface area contributed by atoms with E-state index in [4.69, 9.17) is 0 Å². The fourth-order valence-corrected chi connectivity index (χ4v) is 1.67. The van der Waals surface area contributed by atoms with Crippen LogP contribution in [0.5, 0.6) is 0 Å². The van der Waals surface area contributed by atoms with E-state index in [0.717, 1.165) is 5.39 Å². The number of carbonyl (C=O) groups is 2. The molecule has 0 bridgehead atoms. The summed E-state index contributed by atoms with van der Waals surface area (Å²) in [6, 6.07) is 7.02. The third-order valence-corrected chi connectivity index (χ3v) is 2.44. The number of nitrogens with one attached hydrogen (secondary N) is 1. The van der Waals surface area contributed by atoms with Crippen LogP contribution in [0.1, 0.15) is 27.8 Å². The first-order valence-electron chi connectivity index (χ1n) is 4.84. The van der Waals surface area contributed by atoms with E-state index in [1.165, 1.54) is 14.0 Å². The molecular weight excluding hydrogens is 206 g/mol. The van der Waals surface area contributed by atoms with Crippen LogP contribution in [0, 0.1) is 0 Å². The predicted octanol–water partition coefficient (Wildman–Crippen LogP) is 2.16. The molecule has 0 aliphatic heterocycles. The van der Waals surface area contributed by atoms with E-state index in [-0.39, 0.29) is 5.78 Å². The number of carbonyl (C=O) groups excluding carboxylic acids is 2. The van der Waals surface area contributed by atoms with Crippen LogP contribution < -0.4 is 0 Å². The Balaban J connectivity index is 2.65. The van der Waals surface area contributed by atoms with E-state index >= 15 is 0 Å². The topological polar surface area (TPSA) is 59.2 Å². The molecule has 0 atom stereocenters. The third-order valence-electron chi connectivity index (χ3n) is 2.44. The molecule has 0 radical (unpaired) electrons. The summed E-state index contributed by atoms with van der Waals surface area (Å²) in [5.41, 5.74) is 1.61. The van der Waals surface area contributed by atoms with Crippen LogP contribution >= 0.6 is 0 Å². The Kier molecular flexibility index (Phi) is 2.48. The number of fused-ring (bicyclic) bond motifs is 1. The normalized spacial score (nSPS) is 10.4. The fraction of sp³-hybridized carbons (Fsp3) is 0.167. The zero-order chi connectivity index (χ0) is 11.7. The molecule has 4 nitrogen and oxygen atoms in total. The lowest BCUT2D eigenvalue weighted by atomic mass is 10.1. The second-order valence-corrected chi connectivity index (χ2v) is 3.50. The molecule has 4 heteroatoms. The smallest absolute Gasteiger partial charge is 0.354 e. The van der Waals surface area contributed by atoms with Crippen molar-refractivity contribution in [2.45, 2.75) is 6.92 Å². The molecule has 0 aliphatic rings. The summed E-state index contributed by atoms with van der Waals surface area (Å²) in [7, 11) is 1.32. The highest BCUT2D eigenvalue weighted by molar-refractivity contribution is 6.07. The zero-order valence-electron chi connectivity index (χ0n) is 9.03. The summed E-state index contributed by atoms with van der Waals surface area (Å²) in [5.74, 6) is -0.477. The van der Waals surface area contributed by atoms with Crippen LogP contribution in [0.4, 0.5) is 0 Å². The number of para-hydroxylation sites is 1. The van der Waals surface area contributed by atoms with Crippen LogP contribution in [0.15, 0.2) is 24.3 Å². The minimum atomic E-state index is -0.439. The molecule has 0 saturated carbocycles. The van der Waals surface area contributed by atoms with Gasteiger partial charge < -0.3 is 9.72 Å². The number of esters is 1. The van der Waals surface area contributed by atoms with Gasteiger partial charge in [-0.25, -0.2) is 4.79 Å². The number of aromatic nitrogens is 1. The largest absolute Gasteiger partial charge is 0.464 e. The molecule has 1 heterocycles. The zero-order valence-corrected chi connectivity index (χ0v) is 9.03. The van der Waals surface area contributed by atoms with Gasteiger partial charge in [-0.1, -0.05) is 12.1 Å². The van der Waals surface area contributed by atoms with Crippen LogP contribution in [0.25, 0.3) is 10.9 Å². The molecule has 1 N–H and O–H groups in total.